The highest BCUT2D eigenvalue weighted by Crippen LogP contribution is 2.20. The summed E-state index contributed by atoms with van der Waals surface area (Å²) in [5.41, 5.74) is 1.62. The van der Waals surface area contributed by atoms with Crippen LogP contribution in [-0.4, -0.2) is 56.8 Å². The molecule has 150 valence electrons. The Morgan fingerprint density at radius 3 is 2.38 bits per heavy atom. The molecule has 3 rings (SSSR count). The first-order valence-electron chi connectivity index (χ1n) is 9.17. The van der Waals surface area contributed by atoms with Crippen LogP contribution < -0.4 is 5.32 Å². The lowest BCUT2D eigenvalue weighted by molar-refractivity contribution is -0.111. The van der Waals surface area contributed by atoms with E-state index in [-0.39, 0.29) is 10.8 Å². The van der Waals surface area contributed by atoms with Gasteiger partial charge in [-0.05, 0) is 49.0 Å². The summed E-state index contributed by atoms with van der Waals surface area (Å²) >= 11 is 0. The normalized spacial score (nSPS) is 15.9. The number of carbonyl (C=O) groups is 1. The van der Waals surface area contributed by atoms with Crippen molar-refractivity contribution in [3.8, 4) is 6.07 Å². The van der Waals surface area contributed by atoms with Gasteiger partial charge in [-0.1, -0.05) is 18.2 Å². The van der Waals surface area contributed by atoms with Crippen molar-refractivity contribution in [1.82, 2.24) is 9.21 Å². The van der Waals surface area contributed by atoms with E-state index >= 15 is 0 Å². The van der Waals surface area contributed by atoms with Crippen LogP contribution in [0, 0.1) is 11.3 Å². The van der Waals surface area contributed by atoms with E-state index in [1.165, 1.54) is 22.5 Å². The van der Waals surface area contributed by atoms with E-state index in [0.29, 0.717) is 43.0 Å². The molecule has 7 nitrogen and oxygen atoms in total. The molecule has 0 atom stereocenters. The van der Waals surface area contributed by atoms with Crippen molar-refractivity contribution in [1.29, 1.82) is 5.26 Å². The molecular formula is C21H22N4O3S. The van der Waals surface area contributed by atoms with Crippen LogP contribution in [0.4, 0.5) is 5.69 Å². The van der Waals surface area contributed by atoms with Gasteiger partial charge in [-0.2, -0.15) is 9.57 Å². The second-order valence-electron chi connectivity index (χ2n) is 6.75. The molecule has 1 N–H and O–H groups in total. The Kier molecular flexibility index (Phi) is 6.44. The van der Waals surface area contributed by atoms with Crippen molar-refractivity contribution in [2.24, 2.45) is 0 Å². The van der Waals surface area contributed by atoms with Crippen molar-refractivity contribution >= 4 is 27.7 Å². The van der Waals surface area contributed by atoms with Crippen LogP contribution in [0.5, 0.6) is 0 Å². The van der Waals surface area contributed by atoms with Crippen LogP contribution >= 0.6 is 0 Å². The third kappa shape index (κ3) is 5.09. The van der Waals surface area contributed by atoms with Gasteiger partial charge in [0.2, 0.25) is 15.9 Å². The third-order valence-electron chi connectivity index (χ3n) is 4.72. The average Bonchev–Trinajstić information content (AvgIpc) is 2.73. The fourth-order valence-corrected chi connectivity index (χ4v) is 4.40. The maximum Gasteiger partial charge on any atom is 0.248 e. The lowest BCUT2D eigenvalue weighted by atomic mass is 10.1. The van der Waals surface area contributed by atoms with Gasteiger partial charge in [-0.15, -0.1) is 0 Å². The molecule has 0 saturated carbocycles. The maximum atomic E-state index is 12.7. The molecule has 1 aliphatic heterocycles. The maximum absolute atomic E-state index is 12.7. The van der Waals surface area contributed by atoms with Gasteiger partial charge < -0.3 is 10.2 Å². The van der Waals surface area contributed by atoms with Gasteiger partial charge in [0.05, 0.1) is 16.5 Å². The van der Waals surface area contributed by atoms with Crippen molar-refractivity contribution in [3.63, 3.8) is 0 Å². The Morgan fingerprint density at radius 1 is 1.07 bits per heavy atom. The van der Waals surface area contributed by atoms with Gasteiger partial charge in [-0.25, -0.2) is 8.42 Å². The Hall–Kier alpha value is -2.99. The Balaban J connectivity index is 1.65. The number of amides is 1. The second-order valence-corrected chi connectivity index (χ2v) is 8.69. The predicted octanol–water partition coefficient (Wildman–Crippen LogP) is 2.15. The zero-order chi connectivity index (χ0) is 20.9. The van der Waals surface area contributed by atoms with Crippen molar-refractivity contribution in [2.45, 2.75) is 4.90 Å². The quantitative estimate of drug-likeness (QED) is 0.763. The highest BCUT2D eigenvalue weighted by molar-refractivity contribution is 7.89. The predicted molar refractivity (Wildman–Crippen MR) is 112 cm³/mol. The molecule has 0 aliphatic carbocycles. The molecule has 0 radical (unpaired) electrons. The monoisotopic (exact) mass is 410 g/mol. The first-order chi connectivity index (χ1) is 13.9. The van der Waals surface area contributed by atoms with E-state index in [1.54, 1.807) is 42.5 Å². The van der Waals surface area contributed by atoms with Crippen molar-refractivity contribution < 1.29 is 13.2 Å². The number of nitrogens with one attached hydrogen (secondary N) is 1. The number of hydrogen-bond donors (Lipinski definition) is 1. The summed E-state index contributed by atoms with van der Waals surface area (Å²) in [5, 5.41) is 11.8. The lowest BCUT2D eigenvalue weighted by Crippen LogP contribution is -2.46. The van der Waals surface area contributed by atoms with Crippen LogP contribution in [0.15, 0.2) is 59.5 Å². The summed E-state index contributed by atoms with van der Waals surface area (Å²) in [6, 6.07) is 15.2. The number of likely N-dealkylation sites (N-methyl/N-ethyl adjacent to an activating group) is 1. The first kappa shape index (κ1) is 20.7. The minimum Gasteiger partial charge on any atom is -0.323 e. The fraction of sp³-hybridized carbons (Fsp3) is 0.238. The van der Waals surface area contributed by atoms with Crippen LogP contribution in [0.1, 0.15) is 11.1 Å². The second kappa shape index (κ2) is 9.01. The number of anilines is 1. The summed E-state index contributed by atoms with van der Waals surface area (Å²) in [6.07, 6.45) is 2.91. The highest BCUT2D eigenvalue weighted by atomic mass is 32.2. The molecule has 0 spiro atoms. The topological polar surface area (TPSA) is 93.5 Å². The third-order valence-corrected chi connectivity index (χ3v) is 6.63. The number of nitrogens with zero attached hydrogens (tertiary/aromatic N) is 3. The number of nitriles is 1. The number of carbonyl (C=O) groups excluding carboxylic acids is 1. The summed E-state index contributed by atoms with van der Waals surface area (Å²) in [4.78, 5) is 14.4. The van der Waals surface area contributed by atoms with E-state index in [4.69, 9.17) is 5.26 Å². The Bertz CT molecular complexity index is 1050. The lowest BCUT2D eigenvalue weighted by Gasteiger charge is -2.31. The minimum absolute atomic E-state index is 0.207. The van der Waals surface area contributed by atoms with E-state index < -0.39 is 10.0 Å². The molecular weight excluding hydrogens is 388 g/mol. The number of sulfonamides is 1. The number of rotatable bonds is 5. The summed E-state index contributed by atoms with van der Waals surface area (Å²) < 4.78 is 26.9. The van der Waals surface area contributed by atoms with E-state index in [2.05, 4.69) is 16.3 Å². The molecule has 1 fully saturated rings. The van der Waals surface area contributed by atoms with Gasteiger partial charge in [0.15, 0.2) is 0 Å². The van der Waals surface area contributed by atoms with E-state index in [0.717, 1.165) is 0 Å². The van der Waals surface area contributed by atoms with Crippen LogP contribution in [0.2, 0.25) is 0 Å². The molecule has 2 aromatic rings. The van der Waals surface area contributed by atoms with Crippen LogP contribution in [0.25, 0.3) is 6.08 Å². The Morgan fingerprint density at radius 2 is 1.72 bits per heavy atom. The fourth-order valence-electron chi connectivity index (χ4n) is 2.98. The smallest absolute Gasteiger partial charge is 0.248 e. The van der Waals surface area contributed by atoms with Gasteiger partial charge >= 0.3 is 0 Å². The van der Waals surface area contributed by atoms with Crippen LogP contribution in [-0.2, 0) is 14.8 Å². The molecule has 1 heterocycles. The largest absolute Gasteiger partial charge is 0.323 e. The highest BCUT2D eigenvalue weighted by Gasteiger charge is 2.27. The van der Waals surface area contributed by atoms with Crippen molar-refractivity contribution in [3.05, 3.63) is 65.7 Å². The molecule has 2 aromatic carbocycles. The van der Waals surface area contributed by atoms with Gasteiger partial charge in [-0.3, -0.25) is 4.79 Å². The summed E-state index contributed by atoms with van der Waals surface area (Å²) in [5.74, 6) is -0.368. The molecule has 0 aromatic heterocycles. The molecule has 1 amide bonds. The van der Waals surface area contributed by atoms with Crippen LogP contribution in [0.3, 0.4) is 0 Å². The number of benzene rings is 2. The average molecular weight is 410 g/mol. The molecule has 1 aliphatic rings. The molecule has 0 unspecified atom stereocenters. The van der Waals surface area contributed by atoms with E-state index in [1.807, 2.05) is 7.05 Å². The molecule has 29 heavy (non-hydrogen) atoms. The summed E-state index contributed by atoms with van der Waals surface area (Å²) in [7, 11) is -1.57. The van der Waals surface area contributed by atoms with Gasteiger partial charge in [0.25, 0.3) is 0 Å². The van der Waals surface area contributed by atoms with Crippen molar-refractivity contribution in [2.75, 3.05) is 38.5 Å². The molecule has 8 heteroatoms. The first-order valence-corrected chi connectivity index (χ1v) is 10.6. The standard InChI is InChI=1S/C21H22N4O3S/c1-24-12-14-25(15-13-24)29(27,28)20-9-7-19(8-10-20)23-21(26)11-6-17-4-2-3-5-18(17)16-22/h2-11H,12-15H2,1H3,(H,23,26)/b11-6+. The molecule has 1 saturated heterocycles. The Labute approximate surface area is 170 Å². The zero-order valence-corrected chi connectivity index (χ0v) is 16.9. The number of hydrogen-bond acceptors (Lipinski definition) is 5. The van der Waals surface area contributed by atoms with Gasteiger partial charge in [0.1, 0.15) is 0 Å². The SMILES string of the molecule is CN1CCN(S(=O)(=O)c2ccc(NC(=O)/C=C/c3ccccc3C#N)cc2)CC1. The molecule has 0 bridgehead atoms. The minimum atomic E-state index is -3.54. The van der Waals surface area contributed by atoms with E-state index in [9.17, 15) is 13.2 Å². The zero-order valence-electron chi connectivity index (χ0n) is 16.1. The number of piperazine rings is 1. The summed E-state index contributed by atoms with van der Waals surface area (Å²) in [6.45, 7) is 2.34. The van der Waals surface area contributed by atoms with Gasteiger partial charge in [0, 0.05) is 37.9 Å².